The van der Waals surface area contributed by atoms with E-state index in [9.17, 15) is 13.6 Å². The number of hydrogen-bond donors (Lipinski definition) is 0. The highest BCUT2D eigenvalue weighted by Gasteiger charge is 2.17. The van der Waals surface area contributed by atoms with Crippen LogP contribution < -0.4 is 9.47 Å². The van der Waals surface area contributed by atoms with Gasteiger partial charge in [0.25, 0.3) is 0 Å². The van der Waals surface area contributed by atoms with Crippen molar-refractivity contribution in [3.63, 3.8) is 0 Å². The average molecular weight is 428 g/mol. The van der Waals surface area contributed by atoms with E-state index < -0.39 is 6.61 Å². The number of likely N-dealkylation sites (N-methyl/N-ethyl adjacent to an activating group) is 1. The maximum absolute atomic E-state index is 12.9. The SMILES string of the molecule is CCOc1cc(CN(C)C(=O)Cc2c(C)nc3ccccc3c2C)ccc1OC(F)F. The summed E-state index contributed by atoms with van der Waals surface area (Å²) < 4.78 is 35.1. The van der Waals surface area contributed by atoms with Gasteiger partial charge in [-0.3, -0.25) is 9.78 Å². The van der Waals surface area contributed by atoms with Gasteiger partial charge < -0.3 is 14.4 Å². The first-order valence-corrected chi connectivity index (χ1v) is 10.1. The van der Waals surface area contributed by atoms with Crippen molar-refractivity contribution in [2.75, 3.05) is 13.7 Å². The van der Waals surface area contributed by atoms with Crippen molar-refractivity contribution in [2.45, 2.75) is 40.3 Å². The molecule has 0 fully saturated rings. The molecular weight excluding hydrogens is 402 g/mol. The van der Waals surface area contributed by atoms with Gasteiger partial charge >= 0.3 is 6.61 Å². The minimum Gasteiger partial charge on any atom is -0.490 e. The van der Waals surface area contributed by atoms with Gasteiger partial charge in [0.05, 0.1) is 18.5 Å². The van der Waals surface area contributed by atoms with Crippen LogP contribution >= 0.6 is 0 Å². The number of fused-ring (bicyclic) bond motifs is 1. The minimum absolute atomic E-state index is 0.0249. The number of carbonyl (C=O) groups excluding carboxylic acids is 1. The molecule has 0 unspecified atom stereocenters. The molecular formula is C24H26F2N2O3. The van der Waals surface area contributed by atoms with Crippen molar-refractivity contribution in [2.24, 2.45) is 0 Å². The van der Waals surface area contributed by atoms with Crippen LogP contribution in [0.3, 0.4) is 0 Å². The molecule has 0 atom stereocenters. The lowest BCUT2D eigenvalue weighted by Gasteiger charge is -2.20. The summed E-state index contributed by atoms with van der Waals surface area (Å²) in [5, 5.41) is 1.04. The Morgan fingerprint density at radius 1 is 1.13 bits per heavy atom. The fourth-order valence-electron chi connectivity index (χ4n) is 3.59. The number of ether oxygens (including phenoxy) is 2. The first-order chi connectivity index (χ1) is 14.8. The van der Waals surface area contributed by atoms with Gasteiger partial charge in [-0.2, -0.15) is 8.78 Å². The summed E-state index contributed by atoms with van der Waals surface area (Å²) in [6.45, 7) is 3.37. The molecule has 31 heavy (non-hydrogen) atoms. The van der Waals surface area contributed by atoms with E-state index in [-0.39, 0.29) is 23.8 Å². The number of benzene rings is 2. The average Bonchev–Trinajstić information content (AvgIpc) is 2.72. The van der Waals surface area contributed by atoms with Crippen molar-refractivity contribution in [1.29, 1.82) is 0 Å². The molecule has 0 spiro atoms. The number of alkyl halides is 2. The van der Waals surface area contributed by atoms with Crippen molar-refractivity contribution in [1.82, 2.24) is 9.88 Å². The maximum Gasteiger partial charge on any atom is 0.387 e. The Labute approximate surface area is 180 Å². The summed E-state index contributed by atoms with van der Waals surface area (Å²) in [6.07, 6.45) is 0.233. The number of hydrogen-bond acceptors (Lipinski definition) is 4. The number of aryl methyl sites for hydroxylation is 2. The van der Waals surface area contributed by atoms with Gasteiger partial charge in [0.1, 0.15) is 0 Å². The monoisotopic (exact) mass is 428 g/mol. The summed E-state index contributed by atoms with van der Waals surface area (Å²) in [7, 11) is 1.71. The van der Waals surface area contributed by atoms with Crippen LogP contribution in [0.5, 0.6) is 11.5 Å². The van der Waals surface area contributed by atoms with E-state index >= 15 is 0 Å². The Morgan fingerprint density at radius 3 is 2.58 bits per heavy atom. The van der Waals surface area contributed by atoms with Gasteiger partial charge in [-0.25, -0.2) is 0 Å². The highest BCUT2D eigenvalue weighted by molar-refractivity contribution is 5.86. The molecule has 0 saturated carbocycles. The van der Waals surface area contributed by atoms with Crippen LogP contribution in [0, 0.1) is 13.8 Å². The van der Waals surface area contributed by atoms with Gasteiger partial charge in [-0.15, -0.1) is 0 Å². The Hall–Kier alpha value is -3.22. The summed E-state index contributed by atoms with van der Waals surface area (Å²) in [6, 6.07) is 12.6. The molecule has 7 heteroatoms. The molecule has 164 valence electrons. The second-order valence-electron chi connectivity index (χ2n) is 7.34. The van der Waals surface area contributed by atoms with Crippen LogP contribution in [-0.4, -0.2) is 36.1 Å². The molecule has 0 saturated heterocycles. The van der Waals surface area contributed by atoms with Crippen LogP contribution in [-0.2, 0) is 17.8 Å². The molecule has 0 aliphatic heterocycles. The van der Waals surface area contributed by atoms with E-state index in [2.05, 4.69) is 9.72 Å². The van der Waals surface area contributed by atoms with Gasteiger partial charge in [0.2, 0.25) is 5.91 Å². The lowest BCUT2D eigenvalue weighted by Crippen LogP contribution is -2.28. The van der Waals surface area contributed by atoms with E-state index in [0.717, 1.165) is 33.3 Å². The molecule has 2 aromatic carbocycles. The predicted molar refractivity (Wildman–Crippen MR) is 116 cm³/mol. The van der Waals surface area contributed by atoms with E-state index in [1.54, 1.807) is 31.0 Å². The number of para-hydroxylation sites is 1. The first kappa shape index (κ1) is 22.5. The Bertz CT molecular complexity index is 1090. The number of carbonyl (C=O) groups is 1. The quantitative estimate of drug-likeness (QED) is 0.504. The zero-order valence-corrected chi connectivity index (χ0v) is 18.1. The summed E-state index contributed by atoms with van der Waals surface area (Å²) in [4.78, 5) is 19.2. The Kier molecular flexibility index (Phi) is 7.05. The molecule has 3 rings (SSSR count). The topological polar surface area (TPSA) is 51.7 Å². The fourth-order valence-corrected chi connectivity index (χ4v) is 3.59. The number of halogens is 2. The number of aromatic nitrogens is 1. The van der Waals surface area contributed by atoms with Crippen LogP contribution in [0.2, 0.25) is 0 Å². The van der Waals surface area contributed by atoms with Crippen LogP contribution in [0.4, 0.5) is 8.78 Å². The first-order valence-electron chi connectivity index (χ1n) is 10.1. The lowest BCUT2D eigenvalue weighted by atomic mass is 9.99. The van der Waals surface area contributed by atoms with Gasteiger partial charge in [-0.1, -0.05) is 24.3 Å². The molecule has 0 N–H and O–H groups in total. The molecule has 0 bridgehead atoms. The van der Waals surface area contributed by atoms with Crippen molar-refractivity contribution >= 4 is 16.8 Å². The minimum atomic E-state index is -2.93. The zero-order chi connectivity index (χ0) is 22.5. The highest BCUT2D eigenvalue weighted by Crippen LogP contribution is 2.30. The van der Waals surface area contributed by atoms with E-state index in [0.29, 0.717) is 13.2 Å². The zero-order valence-electron chi connectivity index (χ0n) is 18.1. The van der Waals surface area contributed by atoms with Crippen molar-refractivity contribution in [3.8, 4) is 11.5 Å². The summed E-state index contributed by atoms with van der Waals surface area (Å²) >= 11 is 0. The van der Waals surface area contributed by atoms with Gasteiger partial charge in [0.15, 0.2) is 11.5 Å². The second-order valence-corrected chi connectivity index (χ2v) is 7.34. The molecule has 1 heterocycles. The summed E-state index contributed by atoms with van der Waals surface area (Å²) in [5.74, 6) is 0.142. The number of amides is 1. The van der Waals surface area contributed by atoms with Crippen molar-refractivity contribution in [3.05, 3.63) is 64.8 Å². The third-order valence-corrected chi connectivity index (χ3v) is 5.18. The number of nitrogens with zero attached hydrogens (tertiary/aromatic N) is 2. The van der Waals surface area contributed by atoms with Crippen molar-refractivity contribution < 1.29 is 23.0 Å². The van der Waals surface area contributed by atoms with E-state index in [4.69, 9.17) is 4.74 Å². The van der Waals surface area contributed by atoms with Gasteiger partial charge in [-0.05, 0) is 55.7 Å². The normalized spacial score (nSPS) is 11.1. The Balaban J connectivity index is 1.77. The predicted octanol–water partition coefficient (Wildman–Crippen LogP) is 5.05. The van der Waals surface area contributed by atoms with E-state index in [1.807, 2.05) is 38.1 Å². The third-order valence-electron chi connectivity index (χ3n) is 5.18. The molecule has 5 nitrogen and oxygen atoms in total. The van der Waals surface area contributed by atoms with Gasteiger partial charge in [0, 0.05) is 24.7 Å². The second kappa shape index (κ2) is 9.73. The molecule has 1 amide bonds. The standard InChI is InChI=1S/C24H26F2N2O3/c1-5-30-22-12-17(10-11-21(22)31-24(25)26)14-28(4)23(29)13-19-15(2)18-8-6-7-9-20(18)27-16(19)3/h6-12,24H,5,13-14H2,1-4H3. The molecule has 3 aromatic rings. The van der Waals surface area contributed by atoms with Crippen LogP contribution in [0.1, 0.15) is 29.3 Å². The maximum atomic E-state index is 12.9. The fraction of sp³-hybridized carbons (Fsp3) is 0.333. The third kappa shape index (κ3) is 5.29. The number of pyridine rings is 1. The Morgan fingerprint density at radius 2 is 1.87 bits per heavy atom. The van der Waals surface area contributed by atoms with E-state index in [1.165, 1.54) is 6.07 Å². The van der Waals surface area contributed by atoms with Crippen LogP contribution in [0.25, 0.3) is 10.9 Å². The number of rotatable bonds is 8. The molecule has 0 radical (unpaired) electrons. The lowest BCUT2D eigenvalue weighted by molar-refractivity contribution is -0.129. The molecule has 0 aliphatic rings. The van der Waals surface area contributed by atoms with Crippen LogP contribution in [0.15, 0.2) is 42.5 Å². The molecule has 0 aliphatic carbocycles. The largest absolute Gasteiger partial charge is 0.490 e. The summed E-state index contributed by atoms with van der Waals surface area (Å²) in [5.41, 5.74) is 4.48. The molecule has 1 aromatic heterocycles. The highest BCUT2D eigenvalue weighted by atomic mass is 19.3. The smallest absolute Gasteiger partial charge is 0.387 e.